The maximum Gasteiger partial charge on any atom is 0.174 e. The number of hydrogen-bond acceptors (Lipinski definition) is 4. The first-order valence-corrected chi connectivity index (χ1v) is 6.58. The van der Waals surface area contributed by atoms with Crippen LogP contribution in [0.25, 0.3) is 0 Å². The van der Waals surface area contributed by atoms with Gasteiger partial charge in [0.2, 0.25) is 0 Å². The van der Waals surface area contributed by atoms with Gasteiger partial charge in [-0.05, 0) is 30.7 Å². The summed E-state index contributed by atoms with van der Waals surface area (Å²) in [6.07, 6.45) is 2.97. The average molecular weight is 270 g/mol. The lowest BCUT2D eigenvalue weighted by Crippen LogP contribution is -2.01. The van der Waals surface area contributed by atoms with Crippen LogP contribution in [-0.4, -0.2) is 16.4 Å². The zero-order chi connectivity index (χ0) is 14.4. The lowest BCUT2D eigenvalue weighted by atomic mass is 10.2. The van der Waals surface area contributed by atoms with Gasteiger partial charge in [0, 0.05) is 31.0 Å². The van der Waals surface area contributed by atoms with Crippen LogP contribution in [0.5, 0.6) is 5.75 Å². The quantitative estimate of drug-likeness (QED) is 0.876. The minimum absolute atomic E-state index is 0.0717. The molecule has 2 aromatic rings. The summed E-state index contributed by atoms with van der Waals surface area (Å²) in [6.45, 7) is 2.92. The summed E-state index contributed by atoms with van der Waals surface area (Å²) in [6, 6.07) is 9.53. The number of hydrogen-bond donors (Lipinski definition) is 1. The van der Waals surface area contributed by atoms with Crippen molar-refractivity contribution in [1.82, 2.24) is 9.78 Å². The van der Waals surface area contributed by atoms with Gasteiger partial charge in [-0.1, -0.05) is 6.92 Å². The van der Waals surface area contributed by atoms with Crippen LogP contribution in [0.1, 0.15) is 18.2 Å². The minimum atomic E-state index is 0.0717. The highest BCUT2D eigenvalue weighted by Gasteiger charge is 2.05. The topological polar surface area (TPSA) is 62.9 Å². The third-order valence-corrected chi connectivity index (χ3v) is 2.97. The lowest BCUT2D eigenvalue weighted by Gasteiger charge is -2.07. The number of ether oxygens (including phenoxy) is 1. The molecule has 5 nitrogen and oxygen atoms in total. The SMILES string of the molecule is CCc1nn(C)cc1CNc1ccc(OCC#N)cc1. The van der Waals surface area contributed by atoms with E-state index in [0.717, 1.165) is 24.3 Å². The highest BCUT2D eigenvalue weighted by molar-refractivity contribution is 5.47. The van der Waals surface area contributed by atoms with Gasteiger partial charge >= 0.3 is 0 Å². The van der Waals surface area contributed by atoms with Crippen LogP contribution < -0.4 is 10.1 Å². The molecule has 0 atom stereocenters. The summed E-state index contributed by atoms with van der Waals surface area (Å²) >= 11 is 0. The highest BCUT2D eigenvalue weighted by atomic mass is 16.5. The summed E-state index contributed by atoms with van der Waals surface area (Å²) in [5.74, 6) is 0.702. The van der Waals surface area contributed by atoms with Crippen LogP contribution in [0.3, 0.4) is 0 Å². The Morgan fingerprint density at radius 2 is 2.10 bits per heavy atom. The summed E-state index contributed by atoms with van der Waals surface area (Å²) in [5.41, 5.74) is 3.34. The molecule has 0 saturated heterocycles. The molecule has 0 aliphatic carbocycles. The molecule has 0 saturated carbocycles. The van der Waals surface area contributed by atoms with Crippen LogP contribution in [0.4, 0.5) is 5.69 Å². The van der Waals surface area contributed by atoms with E-state index in [2.05, 4.69) is 17.3 Å². The Labute approximate surface area is 118 Å². The Hall–Kier alpha value is -2.48. The Bertz CT molecular complexity index is 595. The summed E-state index contributed by atoms with van der Waals surface area (Å²) in [4.78, 5) is 0. The Balaban J connectivity index is 1.95. The van der Waals surface area contributed by atoms with E-state index in [9.17, 15) is 0 Å². The van der Waals surface area contributed by atoms with Crippen LogP contribution in [0.15, 0.2) is 30.5 Å². The van der Waals surface area contributed by atoms with Crippen LogP contribution >= 0.6 is 0 Å². The summed E-state index contributed by atoms with van der Waals surface area (Å²) < 4.78 is 7.05. The predicted molar refractivity (Wildman–Crippen MR) is 77.5 cm³/mol. The smallest absolute Gasteiger partial charge is 0.174 e. The van der Waals surface area contributed by atoms with Crippen molar-refractivity contribution in [2.75, 3.05) is 11.9 Å². The molecule has 5 heteroatoms. The number of nitrogens with zero attached hydrogens (tertiary/aromatic N) is 3. The number of anilines is 1. The molecule has 1 N–H and O–H groups in total. The molecule has 0 spiro atoms. The fourth-order valence-corrected chi connectivity index (χ4v) is 2.01. The molecule has 20 heavy (non-hydrogen) atoms. The molecule has 0 fully saturated rings. The van der Waals surface area contributed by atoms with Gasteiger partial charge in [-0.2, -0.15) is 10.4 Å². The van der Waals surface area contributed by atoms with Gasteiger partial charge in [0.05, 0.1) is 5.69 Å². The molecule has 0 aliphatic heterocycles. The van der Waals surface area contributed by atoms with E-state index in [4.69, 9.17) is 10.00 Å². The number of aryl methyl sites for hydroxylation is 2. The Morgan fingerprint density at radius 3 is 2.75 bits per heavy atom. The van der Waals surface area contributed by atoms with E-state index in [1.54, 1.807) is 0 Å². The van der Waals surface area contributed by atoms with E-state index in [1.165, 1.54) is 5.56 Å². The van der Waals surface area contributed by atoms with Gasteiger partial charge < -0.3 is 10.1 Å². The lowest BCUT2D eigenvalue weighted by molar-refractivity contribution is 0.368. The molecule has 0 aliphatic rings. The number of nitrogens with one attached hydrogen (secondary N) is 1. The second kappa shape index (κ2) is 6.62. The third kappa shape index (κ3) is 3.51. The van der Waals surface area contributed by atoms with E-state index >= 15 is 0 Å². The molecule has 0 bridgehead atoms. The normalized spacial score (nSPS) is 10.1. The van der Waals surface area contributed by atoms with Gasteiger partial charge in [-0.3, -0.25) is 4.68 Å². The van der Waals surface area contributed by atoms with Crippen molar-refractivity contribution in [3.8, 4) is 11.8 Å². The van der Waals surface area contributed by atoms with Crippen molar-refractivity contribution in [3.05, 3.63) is 41.7 Å². The molecule has 1 heterocycles. The maximum atomic E-state index is 8.45. The van der Waals surface area contributed by atoms with Crippen LogP contribution in [-0.2, 0) is 20.0 Å². The molecule has 2 rings (SSSR count). The third-order valence-electron chi connectivity index (χ3n) is 2.97. The van der Waals surface area contributed by atoms with Crippen molar-refractivity contribution in [2.45, 2.75) is 19.9 Å². The van der Waals surface area contributed by atoms with Gasteiger partial charge in [0.15, 0.2) is 6.61 Å². The maximum absolute atomic E-state index is 8.45. The molecule has 0 amide bonds. The Kier molecular flexibility index (Phi) is 4.61. The highest BCUT2D eigenvalue weighted by Crippen LogP contribution is 2.17. The number of aromatic nitrogens is 2. The molecule has 0 unspecified atom stereocenters. The number of rotatable bonds is 6. The second-order valence-electron chi connectivity index (χ2n) is 4.45. The summed E-state index contributed by atoms with van der Waals surface area (Å²) in [7, 11) is 1.93. The molecule has 104 valence electrons. The van der Waals surface area contributed by atoms with Crippen molar-refractivity contribution in [3.63, 3.8) is 0 Å². The second-order valence-corrected chi connectivity index (χ2v) is 4.45. The minimum Gasteiger partial charge on any atom is -0.479 e. The van der Waals surface area contributed by atoms with Gasteiger partial charge in [0.25, 0.3) is 0 Å². The van der Waals surface area contributed by atoms with E-state index < -0.39 is 0 Å². The van der Waals surface area contributed by atoms with Crippen molar-refractivity contribution < 1.29 is 4.74 Å². The first-order valence-electron chi connectivity index (χ1n) is 6.58. The zero-order valence-electron chi connectivity index (χ0n) is 11.8. The van der Waals surface area contributed by atoms with Crippen molar-refractivity contribution in [1.29, 1.82) is 5.26 Å². The average Bonchev–Trinajstić information content (AvgIpc) is 2.84. The standard InChI is InChI=1S/C15H18N4O/c1-3-15-12(11-19(2)18-15)10-17-13-4-6-14(7-5-13)20-9-8-16/h4-7,11,17H,3,9-10H2,1-2H3. The van der Waals surface area contributed by atoms with Gasteiger partial charge in [-0.15, -0.1) is 0 Å². The molecule has 1 aromatic carbocycles. The number of benzene rings is 1. The van der Waals surface area contributed by atoms with Crippen molar-refractivity contribution in [2.24, 2.45) is 7.05 Å². The summed E-state index contributed by atoms with van der Waals surface area (Å²) in [5, 5.41) is 16.2. The van der Waals surface area contributed by atoms with Crippen LogP contribution in [0, 0.1) is 11.3 Å². The molecular formula is C15H18N4O. The van der Waals surface area contributed by atoms with E-state index in [-0.39, 0.29) is 6.61 Å². The predicted octanol–water partition coefficient (Wildman–Crippen LogP) is 2.50. The van der Waals surface area contributed by atoms with Gasteiger partial charge in [0.1, 0.15) is 11.8 Å². The molecular weight excluding hydrogens is 252 g/mol. The Morgan fingerprint density at radius 1 is 1.35 bits per heavy atom. The molecule has 0 radical (unpaired) electrons. The van der Waals surface area contributed by atoms with Gasteiger partial charge in [-0.25, -0.2) is 0 Å². The number of nitriles is 1. The van der Waals surface area contributed by atoms with E-state index in [0.29, 0.717) is 5.75 Å². The monoisotopic (exact) mass is 270 g/mol. The largest absolute Gasteiger partial charge is 0.479 e. The van der Waals surface area contributed by atoms with E-state index in [1.807, 2.05) is 48.3 Å². The van der Waals surface area contributed by atoms with Crippen molar-refractivity contribution >= 4 is 5.69 Å². The first kappa shape index (κ1) is 13.9. The fourth-order valence-electron chi connectivity index (χ4n) is 2.01. The first-order chi connectivity index (χ1) is 9.72. The zero-order valence-corrected chi connectivity index (χ0v) is 11.8. The van der Waals surface area contributed by atoms with Crippen LogP contribution in [0.2, 0.25) is 0 Å². The fraction of sp³-hybridized carbons (Fsp3) is 0.333. The molecule has 1 aromatic heterocycles.